The summed E-state index contributed by atoms with van der Waals surface area (Å²) in [7, 11) is 0. The van der Waals surface area contributed by atoms with Crippen molar-refractivity contribution in [3.63, 3.8) is 0 Å². The number of aliphatic hydroxyl groups is 1. The van der Waals surface area contributed by atoms with Gasteiger partial charge < -0.3 is 28.8 Å². The molecule has 0 saturated heterocycles. The highest BCUT2D eigenvalue weighted by molar-refractivity contribution is 5.86. The second-order valence-corrected chi connectivity index (χ2v) is 5.06. The number of aliphatic hydroxyl groups excluding tert-OH is 1. The summed E-state index contributed by atoms with van der Waals surface area (Å²) in [6, 6.07) is 9.11. The molecular formula is C18H26O7. The van der Waals surface area contributed by atoms with E-state index in [1.807, 2.05) is 18.2 Å². The van der Waals surface area contributed by atoms with E-state index in [1.54, 1.807) is 19.1 Å². The molecule has 0 aliphatic rings. The van der Waals surface area contributed by atoms with Crippen LogP contribution in [0.2, 0.25) is 0 Å². The predicted molar refractivity (Wildman–Crippen MR) is 91.3 cm³/mol. The quantitative estimate of drug-likeness (QED) is 0.235. The van der Waals surface area contributed by atoms with Gasteiger partial charge in [-0.05, 0) is 19.1 Å². The Morgan fingerprint density at radius 2 is 1.72 bits per heavy atom. The predicted octanol–water partition coefficient (Wildman–Crippen LogP) is 1.55. The van der Waals surface area contributed by atoms with Gasteiger partial charge in [-0.1, -0.05) is 24.8 Å². The highest BCUT2D eigenvalue weighted by atomic mass is 16.7. The van der Waals surface area contributed by atoms with Crippen LogP contribution >= 0.6 is 0 Å². The van der Waals surface area contributed by atoms with E-state index in [0.717, 1.165) is 0 Å². The van der Waals surface area contributed by atoms with E-state index < -0.39 is 12.3 Å². The van der Waals surface area contributed by atoms with E-state index in [1.165, 1.54) is 0 Å². The number of benzene rings is 1. The lowest BCUT2D eigenvalue weighted by atomic mass is 10.3. The topological polar surface area (TPSA) is 83.5 Å². The Morgan fingerprint density at radius 3 is 2.36 bits per heavy atom. The maximum atomic E-state index is 11.5. The molecule has 0 bridgehead atoms. The van der Waals surface area contributed by atoms with Crippen LogP contribution in [0, 0.1) is 0 Å². The van der Waals surface area contributed by atoms with Crippen LogP contribution in [-0.4, -0.2) is 63.6 Å². The number of hydrogen-bond donors (Lipinski definition) is 1. The number of carbonyl (C=O) groups excluding carboxylic acids is 1. The van der Waals surface area contributed by atoms with E-state index in [2.05, 4.69) is 6.58 Å². The Hall–Kier alpha value is -1.93. The summed E-state index contributed by atoms with van der Waals surface area (Å²) in [5.74, 6) is 0.111. The van der Waals surface area contributed by atoms with E-state index in [0.29, 0.717) is 37.8 Å². The molecule has 1 rings (SSSR count). The van der Waals surface area contributed by atoms with Gasteiger partial charge in [-0.25, -0.2) is 4.79 Å². The van der Waals surface area contributed by atoms with Crippen molar-refractivity contribution in [1.82, 2.24) is 0 Å². The molecule has 7 heteroatoms. The van der Waals surface area contributed by atoms with Gasteiger partial charge in [0.2, 0.25) is 6.29 Å². The number of ether oxygens (including phenoxy) is 5. The molecule has 25 heavy (non-hydrogen) atoms. The maximum Gasteiger partial charge on any atom is 0.333 e. The molecule has 0 aliphatic heterocycles. The van der Waals surface area contributed by atoms with Crippen LogP contribution < -0.4 is 4.74 Å². The Labute approximate surface area is 148 Å². The van der Waals surface area contributed by atoms with Crippen LogP contribution in [0.1, 0.15) is 6.92 Å². The third-order valence-corrected chi connectivity index (χ3v) is 2.85. The molecule has 0 aliphatic carbocycles. The fourth-order valence-electron chi connectivity index (χ4n) is 1.66. The molecule has 1 aromatic rings. The Kier molecular flexibility index (Phi) is 11.3. The first kappa shape index (κ1) is 21.1. The zero-order valence-electron chi connectivity index (χ0n) is 14.5. The molecule has 1 atom stereocenters. The molecule has 1 N–H and O–H groups in total. The number of esters is 1. The first-order valence-corrected chi connectivity index (χ1v) is 8.05. The Bertz CT molecular complexity index is 489. The largest absolute Gasteiger partial charge is 0.461 e. The molecule has 7 nitrogen and oxygen atoms in total. The van der Waals surface area contributed by atoms with E-state index in [4.69, 9.17) is 28.8 Å². The molecule has 1 aromatic carbocycles. The molecule has 0 fully saturated rings. The van der Waals surface area contributed by atoms with Gasteiger partial charge in [-0.15, -0.1) is 0 Å². The average molecular weight is 354 g/mol. The van der Waals surface area contributed by atoms with Crippen LogP contribution in [0.3, 0.4) is 0 Å². The smallest absolute Gasteiger partial charge is 0.333 e. The van der Waals surface area contributed by atoms with Gasteiger partial charge in [-0.2, -0.15) is 0 Å². The number of hydrogen-bond acceptors (Lipinski definition) is 7. The molecule has 140 valence electrons. The van der Waals surface area contributed by atoms with Gasteiger partial charge in [0.25, 0.3) is 0 Å². The van der Waals surface area contributed by atoms with Crippen molar-refractivity contribution in [2.45, 2.75) is 13.2 Å². The van der Waals surface area contributed by atoms with E-state index in [-0.39, 0.29) is 19.8 Å². The lowest BCUT2D eigenvalue weighted by Gasteiger charge is -2.19. The molecule has 0 aromatic heterocycles. The van der Waals surface area contributed by atoms with Gasteiger partial charge >= 0.3 is 5.97 Å². The first-order valence-electron chi connectivity index (χ1n) is 8.05. The summed E-state index contributed by atoms with van der Waals surface area (Å²) in [6.07, 6.45) is -0.750. The lowest BCUT2D eigenvalue weighted by molar-refractivity contribution is -0.159. The van der Waals surface area contributed by atoms with Crippen molar-refractivity contribution < 1.29 is 33.6 Å². The monoisotopic (exact) mass is 354 g/mol. The minimum Gasteiger partial charge on any atom is -0.461 e. The van der Waals surface area contributed by atoms with Crippen molar-refractivity contribution >= 4 is 5.97 Å². The van der Waals surface area contributed by atoms with Crippen LogP contribution in [0.5, 0.6) is 5.75 Å². The summed E-state index contributed by atoms with van der Waals surface area (Å²) < 4.78 is 26.7. The summed E-state index contributed by atoms with van der Waals surface area (Å²) in [5.41, 5.74) is 0.310. The highest BCUT2D eigenvalue weighted by Gasteiger charge is 2.15. The van der Waals surface area contributed by atoms with Crippen molar-refractivity contribution in [2.75, 3.05) is 46.2 Å². The van der Waals surface area contributed by atoms with Crippen molar-refractivity contribution in [3.05, 3.63) is 42.5 Å². The maximum absolute atomic E-state index is 11.5. The molecular weight excluding hydrogens is 328 g/mol. The number of carbonyl (C=O) groups is 1. The third-order valence-electron chi connectivity index (χ3n) is 2.85. The third kappa shape index (κ3) is 10.5. The van der Waals surface area contributed by atoms with Crippen LogP contribution in [0.15, 0.2) is 42.5 Å². The molecule has 0 saturated carbocycles. The van der Waals surface area contributed by atoms with Gasteiger partial charge in [-0.3, -0.25) is 0 Å². The Morgan fingerprint density at radius 1 is 1.08 bits per heavy atom. The number of rotatable bonds is 14. The molecule has 0 amide bonds. The second-order valence-electron chi connectivity index (χ2n) is 5.06. The number of para-hydroxylation sites is 1. The van der Waals surface area contributed by atoms with E-state index in [9.17, 15) is 4.79 Å². The summed E-state index contributed by atoms with van der Waals surface area (Å²) >= 11 is 0. The standard InChI is InChI=1S/C18H26O7/c1-15(2)18(20)24-14-17(25-16-6-4-3-5-7-16)23-13-12-22-11-10-21-9-8-19/h3-7,17,19H,1,8-14H2,2H3. The first-order chi connectivity index (χ1) is 12.1. The van der Waals surface area contributed by atoms with Crippen LogP contribution in [0.25, 0.3) is 0 Å². The SMILES string of the molecule is C=C(C)C(=O)OCC(OCCOCCOCCO)Oc1ccccc1. The van der Waals surface area contributed by atoms with Crippen LogP contribution in [0.4, 0.5) is 0 Å². The zero-order chi connectivity index (χ0) is 18.3. The summed E-state index contributed by atoms with van der Waals surface area (Å²) in [5, 5.41) is 8.57. The van der Waals surface area contributed by atoms with Crippen molar-refractivity contribution in [2.24, 2.45) is 0 Å². The van der Waals surface area contributed by atoms with E-state index >= 15 is 0 Å². The second kappa shape index (κ2) is 13.4. The van der Waals surface area contributed by atoms with Gasteiger partial charge in [0.1, 0.15) is 5.75 Å². The normalized spacial score (nSPS) is 11.8. The fraction of sp³-hybridized carbons (Fsp3) is 0.500. The van der Waals surface area contributed by atoms with Gasteiger partial charge in [0, 0.05) is 5.57 Å². The lowest BCUT2D eigenvalue weighted by Crippen LogP contribution is -2.29. The fourth-order valence-corrected chi connectivity index (χ4v) is 1.66. The highest BCUT2D eigenvalue weighted by Crippen LogP contribution is 2.12. The average Bonchev–Trinajstić information content (AvgIpc) is 2.62. The van der Waals surface area contributed by atoms with Crippen molar-refractivity contribution in [3.8, 4) is 5.75 Å². The minimum absolute atomic E-state index is 0.00941. The minimum atomic E-state index is -0.750. The molecule has 0 heterocycles. The van der Waals surface area contributed by atoms with Gasteiger partial charge in [0.05, 0.1) is 39.6 Å². The Balaban J connectivity index is 2.32. The summed E-state index contributed by atoms with van der Waals surface area (Å²) in [6.45, 7) is 6.74. The van der Waals surface area contributed by atoms with Crippen LogP contribution in [-0.2, 0) is 23.7 Å². The van der Waals surface area contributed by atoms with Gasteiger partial charge in [0.15, 0.2) is 6.61 Å². The molecule has 1 unspecified atom stereocenters. The zero-order valence-corrected chi connectivity index (χ0v) is 14.5. The molecule has 0 radical (unpaired) electrons. The summed E-state index contributed by atoms with van der Waals surface area (Å²) in [4.78, 5) is 11.5. The van der Waals surface area contributed by atoms with Crippen molar-refractivity contribution in [1.29, 1.82) is 0 Å². The molecule has 0 spiro atoms.